The van der Waals surface area contributed by atoms with E-state index in [2.05, 4.69) is 0 Å². The van der Waals surface area contributed by atoms with Crippen molar-refractivity contribution in [1.82, 2.24) is 0 Å². The Labute approximate surface area is 88.7 Å². The van der Waals surface area contributed by atoms with Crippen LogP contribution < -0.4 is 10.5 Å². The molecule has 0 aliphatic carbocycles. The maximum atomic E-state index is 10.9. The van der Waals surface area contributed by atoms with E-state index in [9.17, 15) is 9.90 Å². The molecule has 0 unspecified atom stereocenters. The molecule has 4 heteroatoms. The number of benzene rings is 1. The molecule has 0 atom stereocenters. The average molecular weight is 209 g/mol. The Morgan fingerprint density at radius 2 is 2.07 bits per heavy atom. The van der Waals surface area contributed by atoms with Gasteiger partial charge in [-0.05, 0) is 31.5 Å². The molecule has 0 amide bonds. The smallest absolute Gasteiger partial charge is 0.161 e. The van der Waals surface area contributed by atoms with E-state index in [1.54, 1.807) is 13.8 Å². The van der Waals surface area contributed by atoms with E-state index >= 15 is 0 Å². The largest absolute Gasteiger partial charge is 0.504 e. The zero-order chi connectivity index (χ0) is 11.6. The van der Waals surface area contributed by atoms with Crippen molar-refractivity contribution in [2.24, 2.45) is 5.73 Å². The SMILES string of the molecule is COc1cc(C=O)c(C(C)(C)N)cc1O. The number of hydrogen-bond acceptors (Lipinski definition) is 4. The van der Waals surface area contributed by atoms with Gasteiger partial charge in [-0.3, -0.25) is 4.79 Å². The summed E-state index contributed by atoms with van der Waals surface area (Å²) in [5.41, 5.74) is 6.22. The highest BCUT2D eigenvalue weighted by atomic mass is 16.5. The molecule has 0 radical (unpaired) electrons. The summed E-state index contributed by atoms with van der Waals surface area (Å²) in [7, 11) is 1.43. The predicted molar refractivity (Wildman–Crippen MR) is 57.3 cm³/mol. The van der Waals surface area contributed by atoms with Crippen LogP contribution in [0.15, 0.2) is 12.1 Å². The fourth-order valence-corrected chi connectivity index (χ4v) is 1.40. The number of carbonyl (C=O) groups is 1. The number of phenolic OH excluding ortho intramolecular Hbond substituents is 1. The van der Waals surface area contributed by atoms with Crippen LogP contribution in [0.1, 0.15) is 29.8 Å². The molecule has 0 aromatic heterocycles. The first-order chi connectivity index (χ1) is 6.90. The van der Waals surface area contributed by atoms with Gasteiger partial charge >= 0.3 is 0 Å². The first-order valence-corrected chi connectivity index (χ1v) is 4.55. The van der Waals surface area contributed by atoms with Crippen molar-refractivity contribution in [3.05, 3.63) is 23.3 Å². The Morgan fingerprint density at radius 1 is 1.47 bits per heavy atom. The molecular formula is C11H15NO3. The molecule has 0 heterocycles. The number of aldehydes is 1. The lowest BCUT2D eigenvalue weighted by Crippen LogP contribution is -2.30. The molecule has 0 aliphatic heterocycles. The Bertz CT molecular complexity index is 380. The van der Waals surface area contributed by atoms with Crippen LogP contribution in [0.4, 0.5) is 0 Å². The molecule has 3 N–H and O–H groups in total. The summed E-state index contributed by atoms with van der Waals surface area (Å²) in [6.07, 6.45) is 0.700. The molecular weight excluding hydrogens is 194 g/mol. The van der Waals surface area contributed by atoms with Gasteiger partial charge in [0.05, 0.1) is 7.11 Å². The lowest BCUT2D eigenvalue weighted by Gasteiger charge is -2.22. The second-order valence-corrected chi connectivity index (χ2v) is 3.95. The molecule has 1 aromatic rings. The average Bonchev–Trinajstić information content (AvgIpc) is 2.16. The maximum Gasteiger partial charge on any atom is 0.161 e. The highest BCUT2D eigenvalue weighted by Crippen LogP contribution is 2.32. The molecule has 0 spiro atoms. The van der Waals surface area contributed by atoms with Gasteiger partial charge in [0.15, 0.2) is 17.8 Å². The van der Waals surface area contributed by atoms with E-state index in [-0.39, 0.29) is 11.5 Å². The second-order valence-electron chi connectivity index (χ2n) is 3.95. The molecule has 0 bridgehead atoms. The molecule has 0 aliphatic rings. The number of carbonyl (C=O) groups excluding carboxylic acids is 1. The Hall–Kier alpha value is -1.55. The minimum absolute atomic E-state index is 0.0170. The fraction of sp³-hybridized carbons (Fsp3) is 0.364. The van der Waals surface area contributed by atoms with Gasteiger partial charge in [0.2, 0.25) is 0 Å². The number of methoxy groups -OCH3 is 1. The molecule has 0 saturated heterocycles. The number of nitrogens with two attached hydrogens (primary N) is 1. The third-order valence-electron chi connectivity index (χ3n) is 2.17. The van der Waals surface area contributed by atoms with Crippen LogP contribution in [0.2, 0.25) is 0 Å². The number of hydrogen-bond donors (Lipinski definition) is 2. The lowest BCUT2D eigenvalue weighted by molar-refractivity contribution is 0.112. The van der Waals surface area contributed by atoms with Crippen LogP contribution in [0.3, 0.4) is 0 Å². The van der Waals surface area contributed by atoms with Gasteiger partial charge < -0.3 is 15.6 Å². The maximum absolute atomic E-state index is 10.9. The third-order valence-corrected chi connectivity index (χ3v) is 2.17. The molecule has 1 aromatic carbocycles. The highest BCUT2D eigenvalue weighted by molar-refractivity contribution is 5.79. The van der Waals surface area contributed by atoms with Gasteiger partial charge in [-0.25, -0.2) is 0 Å². The minimum atomic E-state index is -0.681. The van der Waals surface area contributed by atoms with E-state index in [1.807, 2.05) is 0 Å². The summed E-state index contributed by atoms with van der Waals surface area (Å²) in [5, 5.41) is 9.58. The van der Waals surface area contributed by atoms with Gasteiger partial charge in [-0.1, -0.05) is 0 Å². The van der Waals surface area contributed by atoms with Crippen molar-refractivity contribution in [2.45, 2.75) is 19.4 Å². The van der Waals surface area contributed by atoms with Gasteiger partial charge in [-0.2, -0.15) is 0 Å². The van der Waals surface area contributed by atoms with E-state index in [0.717, 1.165) is 0 Å². The highest BCUT2D eigenvalue weighted by Gasteiger charge is 2.20. The quantitative estimate of drug-likeness (QED) is 0.738. The standard InChI is InChI=1S/C11H15NO3/c1-11(2,12)8-5-9(14)10(15-3)4-7(8)6-13/h4-6,14H,12H2,1-3H3. The van der Waals surface area contributed by atoms with Crippen LogP contribution in [-0.2, 0) is 5.54 Å². The van der Waals surface area contributed by atoms with Crippen molar-refractivity contribution in [3.8, 4) is 11.5 Å². The third kappa shape index (κ3) is 2.27. The first-order valence-electron chi connectivity index (χ1n) is 4.55. The van der Waals surface area contributed by atoms with Gasteiger partial charge in [0.1, 0.15) is 0 Å². The van der Waals surface area contributed by atoms with Crippen molar-refractivity contribution < 1.29 is 14.6 Å². The summed E-state index contributed by atoms with van der Waals surface area (Å²) in [6, 6.07) is 2.94. The Kier molecular flexibility index (Phi) is 3.00. The molecule has 4 nitrogen and oxygen atoms in total. The molecule has 15 heavy (non-hydrogen) atoms. The summed E-state index contributed by atoms with van der Waals surface area (Å²) in [5.74, 6) is 0.252. The van der Waals surface area contributed by atoms with Crippen molar-refractivity contribution in [1.29, 1.82) is 0 Å². The van der Waals surface area contributed by atoms with E-state index in [4.69, 9.17) is 10.5 Å². The van der Waals surface area contributed by atoms with E-state index in [1.165, 1.54) is 19.2 Å². The van der Waals surface area contributed by atoms with Crippen LogP contribution >= 0.6 is 0 Å². The summed E-state index contributed by atoms with van der Waals surface area (Å²) >= 11 is 0. The molecule has 1 rings (SSSR count). The van der Waals surface area contributed by atoms with Gasteiger partial charge in [0.25, 0.3) is 0 Å². The summed E-state index contributed by atoms with van der Waals surface area (Å²) in [4.78, 5) is 10.9. The van der Waals surface area contributed by atoms with E-state index < -0.39 is 5.54 Å². The Morgan fingerprint density at radius 3 is 2.47 bits per heavy atom. The van der Waals surface area contributed by atoms with Crippen molar-refractivity contribution in [2.75, 3.05) is 7.11 Å². The monoisotopic (exact) mass is 209 g/mol. The zero-order valence-electron chi connectivity index (χ0n) is 9.07. The molecule has 82 valence electrons. The normalized spacial score (nSPS) is 11.2. The lowest BCUT2D eigenvalue weighted by atomic mass is 9.91. The van der Waals surface area contributed by atoms with Crippen LogP contribution in [0.25, 0.3) is 0 Å². The fourth-order valence-electron chi connectivity index (χ4n) is 1.40. The van der Waals surface area contributed by atoms with Crippen LogP contribution in [-0.4, -0.2) is 18.5 Å². The zero-order valence-corrected chi connectivity index (χ0v) is 9.07. The summed E-state index contributed by atoms with van der Waals surface area (Å²) < 4.78 is 4.91. The van der Waals surface area contributed by atoms with Gasteiger partial charge in [0, 0.05) is 11.1 Å². The van der Waals surface area contributed by atoms with Crippen molar-refractivity contribution in [3.63, 3.8) is 0 Å². The minimum Gasteiger partial charge on any atom is -0.504 e. The predicted octanol–water partition coefficient (Wildman–Crippen LogP) is 1.41. The Balaban J connectivity index is 3.41. The molecule has 0 saturated carbocycles. The first kappa shape index (κ1) is 11.5. The van der Waals surface area contributed by atoms with Gasteiger partial charge in [-0.15, -0.1) is 0 Å². The number of ether oxygens (including phenoxy) is 1. The van der Waals surface area contributed by atoms with Crippen molar-refractivity contribution >= 4 is 6.29 Å². The van der Waals surface area contributed by atoms with Crippen LogP contribution in [0.5, 0.6) is 11.5 Å². The number of phenols is 1. The number of aromatic hydroxyl groups is 1. The van der Waals surface area contributed by atoms with Crippen LogP contribution in [0, 0.1) is 0 Å². The molecule has 0 fully saturated rings. The topological polar surface area (TPSA) is 72.5 Å². The second kappa shape index (κ2) is 3.90. The number of rotatable bonds is 3. The summed E-state index contributed by atoms with van der Waals surface area (Å²) in [6.45, 7) is 3.53. The van der Waals surface area contributed by atoms with E-state index in [0.29, 0.717) is 17.4 Å².